The fraction of sp³-hybridized carbons (Fsp3) is 0.414. The summed E-state index contributed by atoms with van der Waals surface area (Å²) in [5, 5.41) is 0. The highest BCUT2D eigenvalue weighted by atomic mass is 19.4. The summed E-state index contributed by atoms with van der Waals surface area (Å²) >= 11 is 0. The van der Waals surface area contributed by atoms with Crippen LogP contribution in [-0.4, -0.2) is 37.2 Å². The molecule has 0 unspecified atom stereocenters. The van der Waals surface area contributed by atoms with Crippen LogP contribution in [-0.2, 0) is 27.1 Å². The molecule has 0 aliphatic carbocycles. The Balaban J connectivity index is 1.86. The summed E-state index contributed by atoms with van der Waals surface area (Å²) < 4.78 is 50.4. The van der Waals surface area contributed by atoms with Gasteiger partial charge in [-0.05, 0) is 54.5 Å². The van der Waals surface area contributed by atoms with Gasteiger partial charge in [-0.1, -0.05) is 60.9 Å². The smallest absolute Gasteiger partial charge is 0.416 e. The Bertz CT molecular complexity index is 1070. The van der Waals surface area contributed by atoms with Crippen LogP contribution in [0.15, 0.2) is 66.7 Å². The molecule has 1 heterocycles. The van der Waals surface area contributed by atoms with Crippen LogP contribution in [0.2, 0.25) is 0 Å². The minimum absolute atomic E-state index is 0.0565. The zero-order chi connectivity index (χ0) is 26.1. The van der Waals surface area contributed by atoms with Crippen LogP contribution >= 0.6 is 0 Å². The van der Waals surface area contributed by atoms with Crippen molar-refractivity contribution in [2.24, 2.45) is 5.92 Å². The average molecular weight is 500 g/mol. The molecule has 1 fully saturated rings. The molecule has 1 aliphatic rings. The highest BCUT2D eigenvalue weighted by Gasteiger charge is 2.36. The van der Waals surface area contributed by atoms with E-state index >= 15 is 0 Å². The average Bonchev–Trinajstić information content (AvgIpc) is 2.86. The maximum atomic E-state index is 13.2. The Morgan fingerprint density at radius 1 is 1.17 bits per heavy atom. The zero-order valence-corrected chi connectivity index (χ0v) is 20.7. The Kier molecular flexibility index (Phi) is 9.74. The van der Waals surface area contributed by atoms with Crippen molar-refractivity contribution in [3.8, 4) is 11.8 Å². The molecule has 7 heteroatoms. The molecule has 4 nitrogen and oxygen atoms in total. The number of allylic oxidation sites excluding steroid dienone is 1. The highest BCUT2D eigenvalue weighted by molar-refractivity contribution is 5.69. The maximum Gasteiger partial charge on any atom is 0.416 e. The zero-order valence-electron chi connectivity index (χ0n) is 20.7. The quantitative estimate of drug-likeness (QED) is 0.321. The van der Waals surface area contributed by atoms with Crippen LogP contribution < -0.4 is 0 Å². The van der Waals surface area contributed by atoms with Gasteiger partial charge < -0.3 is 9.47 Å². The third-order valence-electron chi connectivity index (χ3n) is 6.30. The molecular formula is C29H32F3NO3. The molecule has 2 aromatic rings. The molecular weight excluding hydrogens is 467 g/mol. The Labute approximate surface area is 211 Å². The third-order valence-corrected chi connectivity index (χ3v) is 6.30. The number of benzene rings is 2. The van der Waals surface area contributed by atoms with Crippen molar-refractivity contribution in [1.82, 2.24) is 4.90 Å². The molecule has 3 atom stereocenters. The summed E-state index contributed by atoms with van der Waals surface area (Å²) in [6, 6.07) is 14.6. The standard InChI is InChI=1S/C29H32F3NO3/c1-21(2)9-14-26(20-36-19-22-7-5-4-6-8-22)33-16-15-23(18-28(34)35-3)17-27(33)24-10-12-25(13-11-24)29(30,31)32/h4-8,10-13,23,26-27H,1,15-20H2,2-3H3/t23-,26-,27+/m1/s1. The van der Waals surface area contributed by atoms with Gasteiger partial charge in [-0.25, -0.2) is 0 Å². The topological polar surface area (TPSA) is 38.8 Å². The number of hydrogen-bond acceptors (Lipinski definition) is 4. The van der Waals surface area contributed by atoms with Crippen molar-refractivity contribution in [3.05, 3.63) is 83.4 Å². The first-order valence-electron chi connectivity index (χ1n) is 12.0. The van der Waals surface area contributed by atoms with Gasteiger partial charge in [0.05, 0.1) is 31.9 Å². The van der Waals surface area contributed by atoms with Crippen LogP contribution in [0.3, 0.4) is 0 Å². The van der Waals surface area contributed by atoms with Crippen LogP contribution in [0.1, 0.15) is 48.9 Å². The van der Waals surface area contributed by atoms with Gasteiger partial charge in [0.15, 0.2) is 0 Å². The van der Waals surface area contributed by atoms with Crippen LogP contribution in [0, 0.1) is 17.8 Å². The lowest BCUT2D eigenvalue weighted by Gasteiger charge is -2.42. The predicted octanol–water partition coefficient (Wildman–Crippen LogP) is 6.19. The molecule has 36 heavy (non-hydrogen) atoms. The van der Waals surface area contributed by atoms with Crippen molar-refractivity contribution < 1.29 is 27.4 Å². The van der Waals surface area contributed by atoms with E-state index in [-0.39, 0.29) is 30.4 Å². The van der Waals surface area contributed by atoms with Crippen molar-refractivity contribution in [2.45, 2.75) is 51.1 Å². The van der Waals surface area contributed by atoms with Crippen molar-refractivity contribution >= 4 is 5.97 Å². The van der Waals surface area contributed by atoms with Gasteiger partial charge in [-0.15, -0.1) is 0 Å². The fourth-order valence-electron chi connectivity index (χ4n) is 4.45. The number of alkyl halides is 3. The van der Waals surface area contributed by atoms with Crippen molar-refractivity contribution in [3.63, 3.8) is 0 Å². The van der Waals surface area contributed by atoms with E-state index in [2.05, 4.69) is 23.3 Å². The molecule has 0 amide bonds. The number of hydrogen-bond donors (Lipinski definition) is 0. The number of methoxy groups -OCH3 is 1. The maximum absolute atomic E-state index is 13.2. The summed E-state index contributed by atoms with van der Waals surface area (Å²) in [7, 11) is 1.36. The summed E-state index contributed by atoms with van der Waals surface area (Å²) in [4.78, 5) is 14.1. The molecule has 0 saturated carbocycles. The second kappa shape index (κ2) is 12.8. The molecule has 0 aromatic heterocycles. The van der Waals surface area contributed by atoms with E-state index in [1.165, 1.54) is 19.2 Å². The van der Waals surface area contributed by atoms with E-state index in [1.54, 1.807) is 0 Å². The Hall–Kier alpha value is -3.08. The molecule has 1 aliphatic heterocycles. The van der Waals surface area contributed by atoms with Crippen LogP contribution in [0.25, 0.3) is 0 Å². The molecule has 0 N–H and O–H groups in total. The van der Waals surface area contributed by atoms with Gasteiger partial charge in [0.2, 0.25) is 0 Å². The van der Waals surface area contributed by atoms with E-state index in [1.807, 2.05) is 37.3 Å². The summed E-state index contributed by atoms with van der Waals surface area (Å²) in [6.45, 7) is 7.07. The van der Waals surface area contributed by atoms with Crippen LogP contribution in [0.4, 0.5) is 13.2 Å². The number of nitrogens with zero attached hydrogens (tertiary/aromatic N) is 1. The summed E-state index contributed by atoms with van der Waals surface area (Å²) in [5.41, 5.74) is 1.82. The van der Waals surface area contributed by atoms with E-state index in [0.717, 1.165) is 35.3 Å². The van der Waals surface area contributed by atoms with Gasteiger partial charge in [-0.2, -0.15) is 13.2 Å². The first-order chi connectivity index (χ1) is 17.2. The SMILES string of the molecule is C=C(C)C#C[C@H](COCc1ccccc1)N1CC[C@@H](CC(=O)OC)C[C@H]1c1ccc(C(F)(F)F)cc1. The lowest BCUT2D eigenvalue weighted by atomic mass is 9.84. The van der Waals surface area contributed by atoms with Gasteiger partial charge in [0.25, 0.3) is 0 Å². The van der Waals surface area contributed by atoms with Gasteiger partial charge in [0.1, 0.15) is 0 Å². The normalized spacial score (nSPS) is 19.1. The first-order valence-corrected chi connectivity index (χ1v) is 12.0. The van der Waals surface area contributed by atoms with Gasteiger partial charge in [0, 0.05) is 19.0 Å². The van der Waals surface area contributed by atoms with E-state index in [0.29, 0.717) is 26.2 Å². The van der Waals surface area contributed by atoms with Gasteiger partial charge >= 0.3 is 12.1 Å². The van der Waals surface area contributed by atoms with E-state index < -0.39 is 11.7 Å². The lowest BCUT2D eigenvalue weighted by molar-refractivity contribution is -0.142. The molecule has 0 bridgehead atoms. The largest absolute Gasteiger partial charge is 0.469 e. The number of piperidine rings is 1. The molecule has 0 radical (unpaired) electrons. The molecule has 2 aromatic carbocycles. The predicted molar refractivity (Wildman–Crippen MR) is 133 cm³/mol. The van der Waals surface area contributed by atoms with Gasteiger partial charge in [-0.3, -0.25) is 9.69 Å². The third kappa shape index (κ3) is 7.97. The number of esters is 1. The van der Waals surface area contributed by atoms with E-state index in [4.69, 9.17) is 9.47 Å². The Morgan fingerprint density at radius 3 is 2.47 bits per heavy atom. The minimum Gasteiger partial charge on any atom is -0.469 e. The number of rotatable bonds is 8. The number of ether oxygens (including phenoxy) is 2. The molecule has 3 rings (SSSR count). The molecule has 0 spiro atoms. The monoisotopic (exact) mass is 499 g/mol. The molecule has 1 saturated heterocycles. The van der Waals surface area contributed by atoms with E-state index in [9.17, 15) is 18.0 Å². The fourth-order valence-corrected chi connectivity index (χ4v) is 4.45. The highest BCUT2D eigenvalue weighted by Crippen LogP contribution is 2.38. The second-order valence-electron chi connectivity index (χ2n) is 9.11. The number of likely N-dealkylation sites (tertiary alicyclic amines) is 1. The van der Waals surface area contributed by atoms with Crippen molar-refractivity contribution in [1.29, 1.82) is 0 Å². The second-order valence-corrected chi connectivity index (χ2v) is 9.11. The Morgan fingerprint density at radius 2 is 1.86 bits per heavy atom. The van der Waals surface area contributed by atoms with Crippen LogP contribution in [0.5, 0.6) is 0 Å². The number of halogens is 3. The summed E-state index contributed by atoms with van der Waals surface area (Å²) in [6.07, 6.45) is -2.78. The molecule has 192 valence electrons. The van der Waals surface area contributed by atoms with Crippen molar-refractivity contribution in [2.75, 3.05) is 20.3 Å². The number of carbonyl (C=O) groups excluding carboxylic acids is 1. The minimum atomic E-state index is -4.40. The number of carbonyl (C=O) groups is 1. The first kappa shape index (κ1) is 27.5. The lowest BCUT2D eigenvalue weighted by Crippen LogP contribution is -2.45. The summed E-state index contributed by atoms with van der Waals surface area (Å²) in [5.74, 6) is 6.08.